The Labute approximate surface area is 314 Å². The first kappa shape index (κ1) is 36.1. The van der Waals surface area contributed by atoms with Crippen molar-refractivity contribution in [1.29, 1.82) is 0 Å². The molecule has 0 radical (unpaired) electrons. The molecule has 8 nitrogen and oxygen atoms in total. The van der Waals surface area contributed by atoms with E-state index in [0.29, 0.717) is 83.8 Å². The molecule has 1 aliphatic heterocycles. The fourth-order valence-corrected chi connectivity index (χ4v) is 7.01. The Morgan fingerprint density at radius 2 is 0.796 bits per heavy atom. The molecule has 8 bridgehead atoms. The molecule has 0 aromatic heterocycles. The fourth-order valence-electron chi connectivity index (χ4n) is 7.01. The summed E-state index contributed by atoms with van der Waals surface area (Å²) in [5, 5.41) is 48.8. The molecule has 8 heteroatoms. The largest absolute Gasteiger partial charge is 0.504 e. The molecule has 7 rings (SSSR count). The Balaban J connectivity index is 1.18. The van der Waals surface area contributed by atoms with E-state index in [1.807, 2.05) is 84.9 Å². The molecule has 0 saturated carbocycles. The summed E-state index contributed by atoms with van der Waals surface area (Å²) in [5.41, 5.74) is 4.27. The van der Waals surface area contributed by atoms with Gasteiger partial charge in [0.15, 0.2) is 46.0 Å². The summed E-state index contributed by atoms with van der Waals surface area (Å²) in [4.78, 5) is 0. The molecule has 0 spiro atoms. The molecule has 54 heavy (non-hydrogen) atoms. The van der Waals surface area contributed by atoms with Crippen LogP contribution in [0.1, 0.15) is 35.1 Å². The number of rotatable bonds is 0. The fraction of sp³-hybridized carbons (Fsp3) is 0.217. The first-order chi connectivity index (χ1) is 26.3. The molecule has 0 fully saturated rings. The molecular formula is C46H44O8. The highest BCUT2D eigenvalue weighted by atomic mass is 16.5. The molecule has 0 saturated heterocycles. The van der Waals surface area contributed by atoms with Crippen LogP contribution in [0.3, 0.4) is 0 Å². The molecular weight excluding hydrogens is 680 g/mol. The van der Waals surface area contributed by atoms with Crippen LogP contribution in [0.2, 0.25) is 0 Å². The number of phenolic OH excluding ortho intramolecular Hbond substituents is 4. The maximum absolute atomic E-state index is 11.6. The summed E-state index contributed by atoms with van der Waals surface area (Å²) in [6.07, 6.45) is 2.44. The highest BCUT2D eigenvalue weighted by Gasteiger charge is 2.19. The van der Waals surface area contributed by atoms with Gasteiger partial charge >= 0.3 is 0 Å². The van der Waals surface area contributed by atoms with Crippen molar-refractivity contribution >= 4 is 21.5 Å². The maximum Gasteiger partial charge on any atom is 0.161 e. The van der Waals surface area contributed by atoms with Gasteiger partial charge in [-0.05, 0) is 71.5 Å². The zero-order valence-electron chi connectivity index (χ0n) is 30.1. The predicted octanol–water partition coefficient (Wildman–Crippen LogP) is 9.51. The Morgan fingerprint density at radius 3 is 1.24 bits per heavy atom. The van der Waals surface area contributed by atoms with E-state index in [1.165, 1.54) is 0 Å². The number of fused-ring (bicyclic) bond motifs is 12. The van der Waals surface area contributed by atoms with Crippen molar-refractivity contribution in [3.8, 4) is 46.0 Å². The van der Waals surface area contributed by atoms with Crippen molar-refractivity contribution in [2.45, 2.75) is 38.5 Å². The van der Waals surface area contributed by atoms with E-state index in [0.717, 1.165) is 32.7 Å². The van der Waals surface area contributed by atoms with Gasteiger partial charge in [-0.2, -0.15) is 0 Å². The van der Waals surface area contributed by atoms with Gasteiger partial charge in [0.1, 0.15) is 0 Å². The zero-order valence-corrected chi connectivity index (χ0v) is 30.1. The third kappa shape index (κ3) is 7.88. The molecule has 276 valence electrons. The second-order valence-corrected chi connectivity index (χ2v) is 13.7. The van der Waals surface area contributed by atoms with Crippen LogP contribution in [-0.4, -0.2) is 46.9 Å². The lowest BCUT2D eigenvalue weighted by Crippen LogP contribution is -2.07. The van der Waals surface area contributed by atoms with Crippen molar-refractivity contribution in [2.24, 2.45) is 0 Å². The average Bonchev–Trinajstić information content (AvgIpc) is 3.16. The van der Waals surface area contributed by atoms with Crippen molar-refractivity contribution in [3.63, 3.8) is 0 Å². The summed E-state index contributed by atoms with van der Waals surface area (Å²) < 4.78 is 24.1. The summed E-state index contributed by atoms with van der Waals surface area (Å²) in [6, 6.07) is 30.1. The van der Waals surface area contributed by atoms with E-state index in [9.17, 15) is 20.4 Å². The lowest BCUT2D eigenvalue weighted by atomic mass is 9.92. The smallest absolute Gasteiger partial charge is 0.161 e. The van der Waals surface area contributed by atoms with Gasteiger partial charge in [-0.25, -0.2) is 0 Å². The van der Waals surface area contributed by atoms with Crippen LogP contribution in [0.25, 0.3) is 21.5 Å². The zero-order chi connectivity index (χ0) is 37.6. The SMILES string of the molecule is C=C1Cc2cccc(c2O)OCCCOc2cc3ccccc3c(c2O)CC(=C)Cc2c(O)c(cc3ccccc23)OCCCOc2cccc(c2O)C1. The summed E-state index contributed by atoms with van der Waals surface area (Å²) in [7, 11) is 0. The minimum absolute atomic E-state index is 0.0424. The third-order valence-corrected chi connectivity index (χ3v) is 9.69. The molecule has 6 aromatic carbocycles. The van der Waals surface area contributed by atoms with Gasteiger partial charge in [0.05, 0.1) is 26.4 Å². The van der Waals surface area contributed by atoms with Crippen LogP contribution in [0, 0.1) is 0 Å². The van der Waals surface area contributed by atoms with Crippen molar-refractivity contribution < 1.29 is 39.4 Å². The van der Waals surface area contributed by atoms with Crippen LogP contribution in [0.4, 0.5) is 0 Å². The van der Waals surface area contributed by atoms with E-state index in [4.69, 9.17) is 18.9 Å². The Kier molecular flexibility index (Phi) is 10.8. The Morgan fingerprint density at radius 1 is 0.407 bits per heavy atom. The lowest BCUT2D eigenvalue weighted by molar-refractivity contribution is 0.236. The van der Waals surface area contributed by atoms with Crippen LogP contribution in [0.5, 0.6) is 46.0 Å². The number of para-hydroxylation sites is 2. The third-order valence-electron chi connectivity index (χ3n) is 9.69. The topological polar surface area (TPSA) is 118 Å². The molecule has 0 aliphatic carbocycles. The number of benzene rings is 6. The standard InChI is InChI=1S/C46H44O8/c1-29-23-33-13-7-17-39(43(33)47)51-19-9-21-53-41-27-31-11-3-5-15-35(31)37(45(41)49)25-30(2)26-38-36-16-6-4-12-32(36)28-42(46(38)50)54-22-10-20-52-40-18-8-14-34(24-29)44(40)48/h3-8,11-18,27-28,47-50H,1-2,9-10,19-26H2. The number of hydrogen-bond acceptors (Lipinski definition) is 8. The van der Waals surface area contributed by atoms with Gasteiger partial charge in [0.25, 0.3) is 0 Å². The molecule has 4 N–H and O–H groups in total. The van der Waals surface area contributed by atoms with E-state index < -0.39 is 0 Å². The van der Waals surface area contributed by atoms with Crippen molar-refractivity contribution in [3.05, 3.63) is 144 Å². The minimum Gasteiger partial charge on any atom is -0.504 e. The monoisotopic (exact) mass is 724 g/mol. The first-order valence-corrected chi connectivity index (χ1v) is 18.2. The van der Waals surface area contributed by atoms with Gasteiger partial charge in [-0.15, -0.1) is 0 Å². The lowest BCUT2D eigenvalue weighted by Gasteiger charge is -2.18. The molecule has 1 heterocycles. The number of phenols is 4. The van der Waals surface area contributed by atoms with Gasteiger partial charge in [-0.3, -0.25) is 0 Å². The first-order valence-electron chi connectivity index (χ1n) is 18.2. The Bertz CT molecular complexity index is 2180. The molecule has 0 atom stereocenters. The van der Waals surface area contributed by atoms with Gasteiger partial charge in [0.2, 0.25) is 0 Å². The van der Waals surface area contributed by atoms with E-state index in [2.05, 4.69) is 13.2 Å². The number of ether oxygens (including phenoxy) is 4. The normalized spacial score (nSPS) is 14.9. The molecule has 1 aliphatic rings. The van der Waals surface area contributed by atoms with E-state index >= 15 is 0 Å². The number of allylic oxidation sites excluding steroid dienone is 2. The van der Waals surface area contributed by atoms with Gasteiger partial charge < -0.3 is 39.4 Å². The van der Waals surface area contributed by atoms with Crippen LogP contribution >= 0.6 is 0 Å². The second kappa shape index (κ2) is 16.2. The van der Waals surface area contributed by atoms with Crippen LogP contribution in [-0.2, 0) is 25.7 Å². The van der Waals surface area contributed by atoms with E-state index in [1.54, 1.807) is 12.1 Å². The van der Waals surface area contributed by atoms with Gasteiger partial charge in [-0.1, -0.05) is 97.1 Å². The number of aromatic hydroxyl groups is 4. The number of hydrogen-bond donors (Lipinski definition) is 4. The highest BCUT2D eigenvalue weighted by Crippen LogP contribution is 2.42. The minimum atomic E-state index is 0.0424. The summed E-state index contributed by atoms with van der Waals surface area (Å²) in [6.45, 7) is 9.68. The van der Waals surface area contributed by atoms with Crippen LogP contribution in [0.15, 0.2) is 121 Å². The Hall–Kier alpha value is -6.28. The summed E-state index contributed by atoms with van der Waals surface area (Å²) in [5.74, 6) is 1.60. The molecule has 6 aromatic rings. The molecule has 0 unspecified atom stereocenters. The molecule has 0 amide bonds. The second-order valence-electron chi connectivity index (χ2n) is 13.7. The van der Waals surface area contributed by atoms with Crippen molar-refractivity contribution in [1.82, 2.24) is 0 Å². The van der Waals surface area contributed by atoms with Gasteiger partial charge in [0, 0.05) is 35.1 Å². The quantitative estimate of drug-likeness (QED) is 0.115. The van der Waals surface area contributed by atoms with Crippen molar-refractivity contribution in [2.75, 3.05) is 26.4 Å². The summed E-state index contributed by atoms with van der Waals surface area (Å²) >= 11 is 0. The predicted molar refractivity (Wildman–Crippen MR) is 212 cm³/mol. The maximum atomic E-state index is 11.6. The van der Waals surface area contributed by atoms with E-state index in [-0.39, 0.29) is 49.4 Å². The van der Waals surface area contributed by atoms with Crippen LogP contribution < -0.4 is 18.9 Å². The average molecular weight is 725 g/mol. The highest BCUT2D eigenvalue weighted by molar-refractivity contribution is 5.91.